The molecule has 11 aromatic rings. The molecule has 0 bridgehead atoms. The van der Waals surface area contributed by atoms with Gasteiger partial charge in [0.25, 0.3) is 0 Å². The van der Waals surface area contributed by atoms with Gasteiger partial charge in [0.05, 0.1) is 22.1 Å². The van der Waals surface area contributed by atoms with E-state index in [1.165, 1.54) is 11.6 Å². The molecule has 0 saturated carbocycles. The highest BCUT2D eigenvalue weighted by Crippen LogP contribution is 2.45. The van der Waals surface area contributed by atoms with Crippen molar-refractivity contribution in [3.8, 4) is 39.1 Å². The first-order valence-corrected chi connectivity index (χ1v) is 19.5. The highest BCUT2D eigenvalue weighted by Gasteiger charge is 2.21. The van der Waals surface area contributed by atoms with Gasteiger partial charge in [0.15, 0.2) is 0 Å². The van der Waals surface area contributed by atoms with E-state index in [0.29, 0.717) is 0 Å². The van der Waals surface area contributed by atoms with Crippen LogP contribution in [0, 0.1) is 5.82 Å². The van der Waals surface area contributed by atoms with Gasteiger partial charge in [-0.3, -0.25) is 0 Å². The second-order valence-electron chi connectivity index (χ2n) is 14.7. The fourth-order valence-corrected chi connectivity index (χ4v) is 8.57. The van der Waals surface area contributed by atoms with Crippen molar-refractivity contribution in [2.24, 2.45) is 0 Å². The molecule has 0 amide bonds. The van der Waals surface area contributed by atoms with E-state index in [2.05, 4.69) is 179 Å². The first-order valence-electron chi connectivity index (χ1n) is 19.5. The van der Waals surface area contributed by atoms with Crippen LogP contribution >= 0.6 is 0 Å². The van der Waals surface area contributed by atoms with Crippen LogP contribution in [0.2, 0.25) is 0 Å². The van der Waals surface area contributed by atoms with Crippen LogP contribution in [0.3, 0.4) is 0 Å². The van der Waals surface area contributed by atoms with Crippen molar-refractivity contribution < 1.29 is 8.81 Å². The minimum Gasteiger partial charge on any atom is -0.455 e. The maximum absolute atomic E-state index is 14.7. The van der Waals surface area contributed by atoms with Gasteiger partial charge in [-0.05, 0) is 101 Å². The number of rotatable bonds is 7. The van der Waals surface area contributed by atoms with Crippen LogP contribution in [0.1, 0.15) is 0 Å². The lowest BCUT2D eigenvalue weighted by Gasteiger charge is -2.26. The van der Waals surface area contributed by atoms with Crippen LogP contribution in [0.5, 0.6) is 0 Å². The van der Waals surface area contributed by atoms with Gasteiger partial charge >= 0.3 is 0 Å². The number of furan rings is 1. The van der Waals surface area contributed by atoms with Crippen molar-refractivity contribution in [2.45, 2.75) is 0 Å². The SMILES string of the molecule is Fc1ccc2c3ccccc3n(-c3cccc(-c4ccc(N(c5ccc(-c6ccccc6)cc5)c5cccc6oc7c(-c8ccccc8)cccc7c56)cc4)c3)c2c1. The number of fused-ring (bicyclic) bond motifs is 6. The van der Waals surface area contributed by atoms with E-state index in [-0.39, 0.29) is 5.82 Å². The molecular formula is C54H35FN2O. The lowest BCUT2D eigenvalue weighted by molar-refractivity contribution is 0.629. The molecule has 11 rings (SSSR count). The summed E-state index contributed by atoms with van der Waals surface area (Å²) in [5.74, 6) is -0.252. The molecule has 0 N–H and O–H groups in total. The Morgan fingerprint density at radius 3 is 1.76 bits per heavy atom. The van der Waals surface area contributed by atoms with E-state index >= 15 is 0 Å². The van der Waals surface area contributed by atoms with E-state index in [4.69, 9.17) is 4.42 Å². The zero-order chi connectivity index (χ0) is 38.6. The van der Waals surface area contributed by atoms with E-state index in [0.717, 1.165) is 94.3 Å². The minimum absolute atomic E-state index is 0.252. The van der Waals surface area contributed by atoms with Gasteiger partial charge in [0, 0.05) is 38.8 Å². The van der Waals surface area contributed by atoms with Crippen molar-refractivity contribution in [2.75, 3.05) is 4.90 Å². The summed E-state index contributed by atoms with van der Waals surface area (Å²) in [5, 5.41) is 4.25. The Hall–Kier alpha value is -7.69. The summed E-state index contributed by atoms with van der Waals surface area (Å²) < 4.78 is 23.5. The van der Waals surface area contributed by atoms with Gasteiger partial charge in [-0.15, -0.1) is 0 Å². The average Bonchev–Trinajstić information content (AvgIpc) is 3.84. The number of halogens is 1. The van der Waals surface area contributed by atoms with Crippen molar-refractivity contribution in [3.63, 3.8) is 0 Å². The number of nitrogens with zero attached hydrogens (tertiary/aromatic N) is 2. The normalized spacial score (nSPS) is 11.5. The number of anilines is 3. The molecule has 4 heteroatoms. The molecule has 3 nitrogen and oxygen atoms in total. The quantitative estimate of drug-likeness (QED) is 0.162. The third kappa shape index (κ3) is 5.65. The maximum atomic E-state index is 14.7. The predicted octanol–water partition coefficient (Wildman–Crippen LogP) is 15.3. The Kier molecular flexibility index (Phi) is 8.00. The third-order valence-electron chi connectivity index (χ3n) is 11.3. The second kappa shape index (κ2) is 13.8. The number of benzene rings is 9. The number of hydrogen-bond donors (Lipinski definition) is 0. The van der Waals surface area contributed by atoms with Crippen LogP contribution < -0.4 is 4.90 Å². The van der Waals surface area contributed by atoms with Crippen molar-refractivity contribution in [1.29, 1.82) is 0 Å². The lowest BCUT2D eigenvalue weighted by atomic mass is 10.0. The number of para-hydroxylation sites is 2. The molecule has 0 aliphatic heterocycles. The zero-order valence-corrected chi connectivity index (χ0v) is 31.4. The van der Waals surface area contributed by atoms with Gasteiger partial charge < -0.3 is 13.9 Å². The molecule has 9 aromatic carbocycles. The summed E-state index contributed by atoms with van der Waals surface area (Å²) in [6, 6.07) is 73.0. The molecule has 0 fully saturated rings. The highest BCUT2D eigenvalue weighted by atomic mass is 19.1. The lowest BCUT2D eigenvalue weighted by Crippen LogP contribution is -2.10. The summed E-state index contributed by atoms with van der Waals surface area (Å²) in [7, 11) is 0. The minimum atomic E-state index is -0.252. The Balaban J connectivity index is 1.04. The molecule has 0 atom stereocenters. The third-order valence-corrected chi connectivity index (χ3v) is 11.3. The van der Waals surface area contributed by atoms with Gasteiger partial charge in [0.2, 0.25) is 0 Å². The van der Waals surface area contributed by atoms with Gasteiger partial charge in [-0.25, -0.2) is 4.39 Å². The average molecular weight is 747 g/mol. The summed E-state index contributed by atoms with van der Waals surface area (Å²) in [6.45, 7) is 0. The van der Waals surface area contributed by atoms with Crippen molar-refractivity contribution >= 4 is 60.8 Å². The van der Waals surface area contributed by atoms with Gasteiger partial charge in [0.1, 0.15) is 17.0 Å². The summed E-state index contributed by atoms with van der Waals surface area (Å²) in [4.78, 5) is 2.33. The van der Waals surface area contributed by atoms with Crippen LogP contribution in [-0.2, 0) is 0 Å². The Bertz CT molecular complexity index is 3270. The van der Waals surface area contributed by atoms with E-state index < -0.39 is 0 Å². The Morgan fingerprint density at radius 2 is 1.00 bits per heavy atom. The van der Waals surface area contributed by atoms with Crippen LogP contribution in [0.15, 0.2) is 217 Å². The predicted molar refractivity (Wildman–Crippen MR) is 239 cm³/mol. The fourth-order valence-electron chi connectivity index (χ4n) is 8.57. The van der Waals surface area contributed by atoms with Crippen molar-refractivity contribution in [3.05, 3.63) is 218 Å². The molecule has 2 heterocycles. The number of aromatic nitrogens is 1. The van der Waals surface area contributed by atoms with Gasteiger partial charge in [-0.2, -0.15) is 0 Å². The summed E-state index contributed by atoms with van der Waals surface area (Å²) in [5.41, 5.74) is 14.3. The van der Waals surface area contributed by atoms with Crippen LogP contribution in [-0.4, -0.2) is 4.57 Å². The Labute approximate surface area is 335 Å². The Morgan fingerprint density at radius 1 is 0.414 bits per heavy atom. The van der Waals surface area contributed by atoms with Crippen LogP contribution in [0.25, 0.3) is 82.8 Å². The first-order chi connectivity index (χ1) is 28.7. The van der Waals surface area contributed by atoms with Crippen molar-refractivity contribution in [1.82, 2.24) is 4.57 Å². The first kappa shape index (κ1) is 33.6. The largest absolute Gasteiger partial charge is 0.455 e. The zero-order valence-electron chi connectivity index (χ0n) is 31.4. The summed E-state index contributed by atoms with van der Waals surface area (Å²) >= 11 is 0. The van der Waals surface area contributed by atoms with E-state index in [9.17, 15) is 4.39 Å². The highest BCUT2D eigenvalue weighted by molar-refractivity contribution is 6.16. The topological polar surface area (TPSA) is 21.3 Å². The molecule has 274 valence electrons. The molecule has 0 radical (unpaired) electrons. The van der Waals surface area contributed by atoms with Gasteiger partial charge in [-0.1, -0.05) is 140 Å². The smallest absolute Gasteiger partial charge is 0.143 e. The molecule has 2 aromatic heterocycles. The maximum Gasteiger partial charge on any atom is 0.143 e. The molecule has 0 aliphatic carbocycles. The second-order valence-corrected chi connectivity index (χ2v) is 14.7. The molecule has 0 aliphatic rings. The molecule has 0 spiro atoms. The standard InChI is InChI=1S/C54H35FN2O/c55-41-28-33-47-46-18-7-8-21-49(46)57(51(47)35-41)44-17-9-16-40(34-44)38-26-31-43(32-27-38)56(42-29-24-37(25-30-42)36-12-3-1-4-13-36)50-22-11-23-52-53(50)48-20-10-19-45(54(48)58-52)39-14-5-2-6-15-39/h1-35H. The molecule has 0 saturated heterocycles. The molecular weight excluding hydrogens is 712 g/mol. The van der Waals surface area contributed by atoms with Crippen LogP contribution in [0.4, 0.5) is 21.5 Å². The van der Waals surface area contributed by atoms with E-state index in [1.807, 2.05) is 30.3 Å². The van der Waals surface area contributed by atoms with E-state index in [1.54, 1.807) is 6.07 Å². The molecule has 0 unspecified atom stereocenters. The fraction of sp³-hybridized carbons (Fsp3) is 0. The molecule has 58 heavy (non-hydrogen) atoms. The monoisotopic (exact) mass is 746 g/mol. The summed E-state index contributed by atoms with van der Waals surface area (Å²) in [6.07, 6.45) is 0. The number of hydrogen-bond acceptors (Lipinski definition) is 2.